The Balaban J connectivity index is 2.13. The van der Waals surface area contributed by atoms with E-state index in [1.807, 2.05) is 0 Å². The third kappa shape index (κ3) is 7.53. The maximum absolute atomic E-state index is 13.2. The maximum atomic E-state index is 13.2. The van der Waals surface area contributed by atoms with Crippen LogP contribution >= 0.6 is 23.4 Å². The highest BCUT2D eigenvalue weighted by atomic mass is 35.5. The Hall–Kier alpha value is -1.95. The molecule has 6 nitrogen and oxygen atoms in total. The van der Waals surface area contributed by atoms with Crippen LogP contribution in [-0.2, 0) is 21.0 Å². The minimum absolute atomic E-state index is 0.147. The second-order valence-electron chi connectivity index (χ2n) is 7.02. The topological polar surface area (TPSA) is 88.2 Å². The highest BCUT2D eigenvalue weighted by Gasteiger charge is 2.37. The van der Waals surface area contributed by atoms with Crippen LogP contribution in [0.5, 0.6) is 5.75 Å². The summed E-state index contributed by atoms with van der Waals surface area (Å²) in [7, 11) is -3.91. The van der Waals surface area contributed by atoms with E-state index in [9.17, 15) is 26.4 Å². The second kappa shape index (κ2) is 11.5. The fourth-order valence-corrected chi connectivity index (χ4v) is 5.82. The zero-order valence-corrected chi connectivity index (χ0v) is 20.3. The lowest BCUT2D eigenvalue weighted by Crippen LogP contribution is -2.33. The molecule has 0 radical (unpaired) electrons. The average molecular weight is 527 g/mol. The van der Waals surface area contributed by atoms with E-state index in [2.05, 4.69) is 0 Å². The Labute approximate surface area is 199 Å². The van der Waals surface area contributed by atoms with E-state index in [4.69, 9.17) is 21.4 Å². The van der Waals surface area contributed by atoms with Crippen LogP contribution in [0.3, 0.4) is 0 Å². The van der Waals surface area contributed by atoms with Crippen molar-refractivity contribution in [2.24, 2.45) is 0 Å². The van der Waals surface area contributed by atoms with Gasteiger partial charge in [0.25, 0.3) is 0 Å². The van der Waals surface area contributed by atoms with Crippen LogP contribution in [-0.4, -0.2) is 49.2 Å². The van der Waals surface area contributed by atoms with Crippen LogP contribution in [0.1, 0.15) is 24.5 Å². The summed E-state index contributed by atoms with van der Waals surface area (Å²) >= 11 is 7.02. The number of carbonyl (C=O) groups is 1. The maximum Gasteiger partial charge on any atom is 0.417 e. The Morgan fingerprint density at radius 3 is 2.52 bits per heavy atom. The predicted octanol–water partition coefficient (Wildman–Crippen LogP) is 5.48. The van der Waals surface area contributed by atoms with E-state index in [0.29, 0.717) is 24.0 Å². The van der Waals surface area contributed by atoms with Crippen molar-refractivity contribution in [2.75, 3.05) is 25.4 Å². The first kappa shape index (κ1) is 27.3. The summed E-state index contributed by atoms with van der Waals surface area (Å²) in [6, 6.07) is 7.92. The molecule has 1 atom stereocenters. The van der Waals surface area contributed by atoms with Gasteiger partial charge in [0.05, 0.1) is 10.6 Å². The monoisotopic (exact) mass is 526 g/mol. The van der Waals surface area contributed by atoms with E-state index in [1.54, 1.807) is 32.0 Å². The van der Waals surface area contributed by atoms with Gasteiger partial charge in [0.2, 0.25) is 0 Å². The Kier molecular flexibility index (Phi) is 9.48. The minimum Gasteiger partial charge on any atom is -0.482 e. The van der Waals surface area contributed by atoms with Gasteiger partial charge < -0.3 is 9.84 Å². The van der Waals surface area contributed by atoms with Crippen LogP contribution in [0, 0.1) is 6.92 Å². The molecule has 0 fully saturated rings. The molecule has 2 aromatic rings. The lowest BCUT2D eigenvalue weighted by atomic mass is 10.2. The fraction of sp³-hybridized carbons (Fsp3) is 0.381. The van der Waals surface area contributed by atoms with Crippen LogP contribution in [0.15, 0.2) is 46.2 Å². The van der Waals surface area contributed by atoms with Crippen molar-refractivity contribution in [2.45, 2.75) is 36.2 Å². The molecule has 0 saturated carbocycles. The first-order valence-corrected chi connectivity index (χ1v) is 12.7. The molecule has 12 heteroatoms. The smallest absolute Gasteiger partial charge is 0.417 e. The van der Waals surface area contributed by atoms with E-state index in [-0.39, 0.29) is 18.0 Å². The van der Waals surface area contributed by atoms with Crippen LogP contribution in [0.25, 0.3) is 0 Å². The molecule has 0 bridgehead atoms. The van der Waals surface area contributed by atoms with Crippen LogP contribution in [0.2, 0.25) is 5.02 Å². The molecule has 2 rings (SSSR count). The van der Waals surface area contributed by atoms with Crippen molar-refractivity contribution in [3.63, 3.8) is 0 Å². The molecule has 0 amide bonds. The van der Waals surface area contributed by atoms with Gasteiger partial charge in [-0.2, -0.15) is 21.7 Å². The standard InChI is InChI=1S/C21H23ClF3NO5S2/c1-3-8-26(33(29,30)16-5-6-18(22)17(12-16)21(23,24)25)9-10-32-15-4-7-19(14(2)11-15)31-13-20(27)28/h4-7,11-12H,3,8-10,13H2,1-2H3,(H,27,28)/p+1. The van der Waals surface area contributed by atoms with Gasteiger partial charge in [0, 0.05) is 23.7 Å². The van der Waals surface area contributed by atoms with Gasteiger partial charge in [-0.15, -0.1) is 11.8 Å². The Morgan fingerprint density at radius 1 is 1.24 bits per heavy atom. The number of nitrogens with zero attached hydrogens (tertiary/aromatic N) is 1. The first-order chi connectivity index (χ1) is 15.4. The number of aryl methyl sites for hydroxylation is 1. The number of hydrogen-bond acceptors (Lipinski definition) is 4. The van der Waals surface area contributed by atoms with E-state index in [0.717, 1.165) is 22.6 Å². The van der Waals surface area contributed by atoms with Gasteiger partial charge in [0.15, 0.2) is 6.61 Å². The molecule has 0 heterocycles. The summed E-state index contributed by atoms with van der Waals surface area (Å²) in [5.41, 5.74) is -0.423. The average Bonchev–Trinajstić information content (AvgIpc) is 2.71. The lowest BCUT2D eigenvalue weighted by Gasteiger charge is -2.19. The van der Waals surface area contributed by atoms with Gasteiger partial charge >= 0.3 is 22.2 Å². The first-order valence-electron chi connectivity index (χ1n) is 9.82. The number of carboxylic acids is 1. The number of carboxylic acid groups (broad SMARTS) is 1. The third-order valence-corrected chi connectivity index (χ3v) is 7.72. The molecule has 0 aliphatic carbocycles. The van der Waals surface area contributed by atoms with E-state index in [1.165, 1.54) is 16.1 Å². The van der Waals surface area contributed by atoms with Crippen LogP contribution in [0.4, 0.5) is 13.2 Å². The predicted molar refractivity (Wildman–Crippen MR) is 122 cm³/mol. The van der Waals surface area contributed by atoms with Gasteiger partial charge in [-0.3, -0.25) is 0 Å². The summed E-state index contributed by atoms with van der Waals surface area (Å²) in [6.07, 6.45) is -4.22. The summed E-state index contributed by atoms with van der Waals surface area (Å²) in [6.45, 7) is 3.47. The summed E-state index contributed by atoms with van der Waals surface area (Å²) in [5.74, 6) is -0.248. The molecule has 2 N–H and O–H groups in total. The number of halogens is 4. The Bertz CT molecular complexity index is 1090. The van der Waals surface area contributed by atoms with Crippen molar-refractivity contribution >= 4 is 39.4 Å². The van der Waals surface area contributed by atoms with Crippen LogP contribution < -0.4 is 4.74 Å². The van der Waals surface area contributed by atoms with Crippen molar-refractivity contribution in [3.05, 3.63) is 52.5 Å². The van der Waals surface area contributed by atoms with Gasteiger partial charge in [-0.1, -0.05) is 18.5 Å². The lowest BCUT2D eigenvalue weighted by molar-refractivity contribution is -0.139. The molecule has 33 heavy (non-hydrogen) atoms. The number of alkyl halides is 3. The van der Waals surface area contributed by atoms with Crippen molar-refractivity contribution in [1.82, 2.24) is 4.31 Å². The number of aliphatic carboxylic acids is 1. The second-order valence-corrected chi connectivity index (χ2v) is 10.6. The van der Waals surface area contributed by atoms with E-state index < -0.39 is 39.4 Å². The SMILES string of the molecule is CCCN(CCSc1ccc(OCC(=O)O)c(C)c1)S(=O)(=[OH+])c1ccc(Cl)c(C(F)(F)F)c1. The minimum atomic E-state index is -4.74. The normalized spacial score (nSPS) is 13.7. The molecule has 2 aromatic carbocycles. The van der Waals surface area contributed by atoms with Gasteiger partial charge in [-0.05, 0) is 55.3 Å². The molecule has 182 valence electrons. The van der Waals surface area contributed by atoms with Gasteiger partial charge in [-0.25, -0.2) is 9.00 Å². The molecule has 0 aliphatic rings. The molecule has 0 saturated heterocycles. The summed E-state index contributed by atoms with van der Waals surface area (Å²) in [4.78, 5) is 11.1. The highest BCUT2D eigenvalue weighted by molar-refractivity contribution is 7.99. The van der Waals surface area contributed by atoms with Gasteiger partial charge in [0.1, 0.15) is 10.6 Å². The van der Waals surface area contributed by atoms with Crippen molar-refractivity contribution in [3.8, 4) is 5.75 Å². The molecule has 0 aliphatic heterocycles. The molecule has 0 aromatic heterocycles. The Morgan fingerprint density at radius 2 is 1.94 bits per heavy atom. The highest BCUT2D eigenvalue weighted by Crippen LogP contribution is 2.36. The zero-order chi connectivity index (χ0) is 24.8. The number of rotatable bonds is 11. The number of ether oxygens (including phenoxy) is 1. The number of hydrogen-bond donors (Lipinski definition) is 1. The third-order valence-electron chi connectivity index (χ3n) is 4.48. The van der Waals surface area contributed by atoms with Crippen molar-refractivity contribution in [1.29, 1.82) is 0 Å². The molecular formula is C21H24ClF3NO5S2+. The molecule has 1 unspecified atom stereocenters. The van der Waals surface area contributed by atoms with Crippen molar-refractivity contribution < 1.29 is 36.2 Å². The zero-order valence-electron chi connectivity index (χ0n) is 17.9. The fourth-order valence-electron chi connectivity index (χ4n) is 2.92. The van der Waals surface area contributed by atoms with E-state index >= 15 is 0 Å². The summed E-state index contributed by atoms with van der Waals surface area (Å²) in [5, 5.41) is 8.17. The molecule has 0 spiro atoms. The number of benzene rings is 2. The molecular weight excluding hydrogens is 503 g/mol. The number of thioether (sulfide) groups is 1. The summed E-state index contributed by atoms with van der Waals surface area (Å²) < 4.78 is 69.9. The largest absolute Gasteiger partial charge is 0.482 e. The quantitative estimate of drug-likeness (QED) is 0.309.